The van der Waals surface area contributed by atoms with Crippen LogP contribution in [0.5, 0.6) is 0 Å². The molecule has 0 saturated carbocycles. The molecule has 1 N–H and O–H groups in total. The lowest BCUT2D eigenvalue weighted by molar-refractivity contribution is 0.0607. The highest BCUT2D eigenvalue weighted by Crippen LogP contribution is 2.28. The maximum atomic E-state index is 12.2. The molecule has 0 atom stereocenters. The van der Waals surface area contributed by atoms with E-state index in [9.17, 15) is 9.59 Å². The lowest BCUT2D eigenvalue weighted by atomic mass is 10.1. The summed E-state index contributed by atoms with van der Waals surface area (Å²) in [6, 6.07) is 7.29. The van der Waals surface area contributed by atoms with Crippen molar-refractivity contribution in [1.29, 1.82) is 0 Å². The molecule has 0 bridgehead atoms. The molecule has 2 rings (SSSR count). The quantitative estimate of drug-likeness (QED) is 0.881. The van der Waals surface area contributed by atoms with Gasteiger partial charge in [-0.05, 0) is 36.9 Å². The lowest BCUT2D eigenvalue weighted by Gasteiger charge is -2.07. The minimum absolute atomic E-state index is 0.236. The maximum Gasteiger partial charge on any atom is 0.350 e. The fourth-order valence-electron chi connectivity index (χ4n) is 1.81. The number of aryl methyl sites for hydroxylation is 2. The Morgan fingerprint density at radius 1 is 1.25 bits per heavy atom. The minimum Gasteiger partial charge on any atom is -0.465 e. The lowest BCUT2D eigenvalue weighted by Crippen LogP contribution is -2.14. The highest BCUT2D eigenvalue weighted by Gasteiger charge is 2.19. The number of hydrogen-bond donors (Lipinski definition) is 1. The van der Waals surface area contributed by atoms with Crippen molar-refractivity contribution in [2.75, 3.05) is 12.4 Å². The summed E-state index contributed by atoms with van der Waals surface area (Å²) in [6.45, 7) is 3.77. The van der Waals surface area contributed by atoms with Gasteiger partial charge in [-0.3, -0.25) is 4.79 Å². The zero-order valence-corrected chi connectivity index (χ0v) is 12.3. The van der Waals surface area contributed by atoms with E-state index in [0.29, 0.717) is 16.1 Å². The van der Waals surface area contributed by atoms with E-state index in [2.05, 4.69) is 5.32 Å². The summed E-state index contributed by atoms with van der Waals surface area (Å²) in [6.07, 6.45) is 0. The van der Waals surface area contributed by atoms with Gasteiger partial charge in [0.1, 0.15) is 4.88 Å². The van der Waals surface area contributed by atoms with Gasteiger partial charge in [0, 0.05) is 5.56 Å². The number of amides is 1. The Hall–Kier alpha value is -2.14. The third-order valence-corrected chi connectivity index (χ3v) is 3.94. The van der Waals surface area contributed by atoms with Crippen LogP contribution in [0, 0.1) is 13.8 Å². The van der Waals surface area contributed by atoms with Crippen LogP contribution in [0.3, 0.4) is 0 Å². The first kappa shape index (κ1) is 14.3. The number of hydrogen-bond acceptors (Lipinski definition) is 4. The normalized spacial score (nSPS) is 10.2. The summed E-state index contributed by atoms with van der Waals surface area (Å²) in [7, 11) is 1.32. The number of ether oxygens (including phenoxy) is 1. The molecule has 1 amide bonds. The van der Waals surface area contributed by atoms with E-state index in [4.69, 9.17) is 4.74 Å². The molecule has 0 fully saturated rings. The molecule has 0 aliphatic carbocycles. The Labute approximate surface area is 121 Å². The third-order valence-electron chi connectivity index (χ3n) is 2.86. The molecule has 5 heteroatoms. The van der Waals surface area contributed by atoms with Gasteiger partial charge in [0.2, 0.25) is 0 Å². The van der Waals surface area contributed by atoms with E-state index in [1.165, 1.54) is 18.4 Å². The first-order valence-electron chi connectivity index (χ1n) is 6.07. The van der Waals surface area contributed by atoms with Crippen molar-refractivity contribution in [3.8, 4) is 0 Å². The topological polar surface area (TPSA) is 55.4 Å². The molecule has 0 radical (unpaired) electrons. The molecule has 0 aliphatic heterocycles. The number of methoxy groups -OCH3 is 1. The van der Waals surface area contributed by atoms with E-state index >= 15 is 0 Å². The fourth-order valence-corrected chi connectivity index (χ4v) is 2.74. The summed E-state index contributed by atoms with van der Waals surface area (Å²) in [5, 5.41) is 4.61. The third kappa shape index (κ3) is 2.88. The summed E-state index contributed by atoms with van der Waals surface area (Å²) in [5.74, 6) is -0.678. The van der Waals surface area contributed by atoms with Crippen molar-refractivity contribution < 1.29 is 14.3 Å². The van der Waals surface area contributed by atoms with Crippen LogP contribution in [0.2, 0.25) is 0 Å². The SMILES string of the molecule is COC(=O)c1scc(C)c1NC(=O)c1cccc(C)c1. The van der Waals surface area contributed by atoms with Crippen molar-refractivity contribution in [1.82, 2.24) is 0 Å². The van der Waals surface area contributed by atoms with Crippen LogP contribution in [0.4, 0.5) is 5.69 Å². The van der Waals surface area contributed by atoms with Crippen molar-refractivity contribution in [3.05, 3.63) is 51.2 Å². The van der Waals surface area contributed by atoms with E-state index in [0.717, 1.165) is 11.1 Å². The molecule has 0 spiro atoms. The van der Waals surface area contributed by atoms with Gasteiger partial charge in [-0.15, -0.1) is 11.3 Å². The monoisotopic (exact) mass is 289 g/mol. The Morgan fingerprint density at radius 2 is 2.00 bits per heavy atom. The largest absolute Gasteiger partial charge is 0.465 e. The van der Waals surface area contributed by atoms with Crippen LogP contribution in [-0.4, -0.2) is 19.0 Å². The van der Waals surface area contributed by atoms with Gasteiger partial charge < -0.3 is 10.1 Å². The molecule has 20 heavy (non-hydrogen) atoms. The highest BCUT2D eigenvalue weighted by molar-refractivity contribution is 7.12. The van der Waals surface area contributed by atoms with E-state index < -0.39 is 5.97 Å². The van der Waals surface area contributed by atoms with E-state index in [-0.39, 0.29) is 5.91 Å². The van der Waals surface area contributed by atoms with Gasteiger partial charge in [-0.2, -0.15) is 0 Å². The summed E-state index contributed by atoms with van der Waals surface area (Å²) >= 11 is 1.26. The number of benzene rings is 1. The molecular formula is C15H15NO3S. The van der Waals surface area contributed by atoms with Crippen molar-refractivity contribution in [3.63, 3.8) is 0 Å². The molecule has 0 aliphatic rings. The van der Waals surface area contributed by atoms with Gasteiger partial charge in [0.15, 0.2) is 0 Å². The van der Waals surface area contributed by atoms with Crippen molar-refractivity contribution in [2.45, 2.75) is 13.8 Å². The summed E-state index contributed by atoms with van der Waals surface area (Å²) < 4.78 is 4.72. The predicted octanol–water partition coefficient (Wildman–Crippen LogP) is 3.40. The Morgan fingerprint density at radius 3 is 2.65 bits per heavy atom. The van der Waals surface area contributed by atoms with Gasteiger partial charge in [-0.1, -0.05) is 17.7 Å². The molecule has 0 unspecified atom stereocenters. The molecule has 0 saturated heterocycles. The highest BCUT2D eigenvalue weighted by atomic mass is 32.1. The van der Waals surface area contributed by atoms with Crippen LogP contribution >= 0.6 is 11.3 Å². The molecular weight excluding hydrogens is 274 g/mol. The zero-order valence-electron chi connectivity index (χ0n) is 11.5. The second-order valence-electron chi connectivity index (χ2n) is 4.44. The number of carbonyl (C=O) groups excluding carboxylic acids is 2. The van der Waals surface area contributed by atoms with Crippen LogP contribution in [0.15, 0.2) is 29.6 Å². The number of rotatable bonds is 3. The first-order valence-corrected chi connectivity index (χ1v) is 6.95. The second-order valence-corrected chi connectivity index (χ2v) is 5.32. The Balaban J connectivity index is 2.28. The predicted molar refractivity (Wildman–Crippen MR) is 79.5 cm³/mol. The van der Waals surface area contributed by atoms with Crippen LogP contribution in [-0.2, 0) is 4.74 Å². The minimum atomic E-state index is -0.442. The van der Waals surface area contributed by atoms with Crippen LogP contribution in [0.25, 0.3) is 0 Å². The number of carbonyl (C=O) groups is 2. The molecule has 2 aromatic rings. The number of thiophene rings is 1. The average Bonchev–Trinajstić information content (AvgIpc) is 2.79. The summed E-state index contributed by atoms with van der Waals surface area (Å²) in [4.78, 5) is 24.3. The summed E-state index contributed by atoms with van der Waals surface area (Å²) in [5.41, 5.74) is 2.93. The van der Waals surface area contributed by atoms with E-state index in [1.807, 2.05) is 31.4 Å². The van der Waals surface area contributed by atoms with Crippen LogP contribution in [0.1, 0.15) is 31.2 Å². The zero-order chi connectivity index (χ0) is 14.7. The van der Waals surface area contributed by atoms with Crippen molar-refractivity contribution >= 4 is 28.9 Å². The van der Waals surface area contributed by atoms with Crippen molar-refractivity contribution in [2.24, 2.45) is 0 Å². The molecule has 1 aromatic heterocycles. The van der Waals surface area contributed by atoms with Gasteiger partial charge in [0.25, 0.3) is 5.91 Å². The number of nitrogens with one attached hydrogen (secondary N) is 1. The van der Waals surface area contributed by atoms with Gasteiger partial charge in [-0.25, -0.2) is 4.79 Å². The maximum absolute atomic E-state index is 12.2. The van der Waals surface area contributed by atoms with Crippen LogP contribution < -0.4 is 5.32 Å². The fraction of sp³-hybridized carbons (Fsp3) is 0.200. The Bertz CT molecular complexity index is 661. The smallest absolute Gasteiger partial charge is 0.350 e. The second kappa shape index (κ2) is 5.88. The number of esters is 1. The molecule has 1 heterocycles. The molecule has 4 nitrogen and oxygen atoms in total. The number of anilines is 1. The standard InChI is InChI=1S/C15H15NO3S/c1-9-5-4-6-11(7-9)14(17)16-12-10(2)8-20-13(12)15(18)19-3/h4-8H,1-3H3,(H,16,17). The van der Waals surface area contributed by atoms with Gasteiger partial charge >= 0.3 is 5.97 Å². The van der Waals surface area contributed by atoms with Gasteiger partial charge in [0.05, 0.1) is 12.8 Å². The van der Waals surface area contributed by atoms with E-state index in [1.54, 1.807) is 12.1 Å². The molecule has 104 valence electrons. The molecule has 1 aromatic carbocycles. The Kier molecular flexibility index (Phi) is 4.20. The average molecular weight is 289 g/mol. The first-order chi connectivity index (χ1) is 9.52.